The predicted molar refractivity (Wildman–Crippen MR) is 70.4 cm³/mol. The summed E-state index contributed by atoms with van der Waals surface area (Å²) in [7, 11) is 0. The van der Waals surface area contributed by atoms with Crippen molar-refractivity contribution in [3.8, 4) is 0 Å². The van der Waals surface area contributed by atoms with Crippen LogP contribution in [0.2, 0.25) is 5.15 Å². The Bertz CT molecular complexity index is 393. The molecule has 0 aromatic carbocycles. The highest BCUT2D eigenvalue weighted by atomic mass is 35.5. The van der Waals surface area contributed by atoms with Crippen LogP contribution in [0.5, 0.6) is 0 Å². The van der Waals surface area contributed by atoms with Crippen molar-refractivity contribution >= 4 is 17.5 Å². The SMILES string of the molecule is CCc1cc(C(=O)NCC(C)CC)cc(Cl)n1. The summed E-state index contributed by atoms with van der Waals surface area (Å²) in [4.78, 5) is 16.0. The van der Waals surface area contributed by atoms with Gasteiger partial charge < -0.3 is 5.32 Å². The molecule has 1 rings (SSSR count). The van der Waals surface area contributed by atoms with Gasteiger partial charge in [-0.3, -0.25) is 4.79 Å². The first kappa shape index (κ1) is 14.0. The first-order chi connectivity index (χ1) is 8.06. The third-order valence-corrected chi connectivity index (χ3v) is 2.97. The number of carbonyl (C=O) groups excluding carboxylic acids is 1. The van der Waals surface area contributed by atoms with Gasteiger partial charge in [-0.2, -0.15) is 0 Å². The largest absolute Gasteiger partial charge is 0.352 e. The number of hydrogen-bond acceptors (Lipinski definition) is 2. The summed E-state index contributed by atoms with van der Waals surface area (Å²) in [5.41, 5.74) is 1.43. The summed E-state index contributed by atoms with van der Waals surface area (Å²) in [6, 6.07) is 3.39. The van der Waals surface area contributed by atoms with Crippen molar-refractivity contribution < 1.29 is 4.79 Å². The maximum atomic E-state index is 11.9. The van der Waals surface area contributed by atoms with Crippen LogP contribution in [0.15, 0.2) is 12.1 Å². The van der Waals surface area contributed by atoms with Crippen molar-refractivity contribution in [1.29, 1.82) is 0 Å². The summed E-state index contributed by atoms with van der Waals surface area (Å²) in [6.45, 7) is 6.89. The standard InChI is InChI=1S/C13H19ClN2O/c1-4-9(3)8-15-13(17)10-6-11(5-2)16-12(14)7-10/h6-7,9H,4-5,8H2,1-3H3,(H,15,17). The van der Waals surface area contributed by atoms with Crippen LogP contribution in [0.1, 0.15) is 43.2 Å². The molecular formula is C13H19ClN2O. The van der Waals surface area contributed by atoms with Crippen molar-refractivity contribution in [3.63, 3.8) is 0 Å². The fourth-order valence-electron chi connectivity index (χ4n) is 1.38. The molecule has 17 heavy (non-hydrogen) atoms. The van der Waals surface area contributed by atoms with Gasteiger partial charge in [-0.05, 0) is 24.5 Å². The van der Waals surface area contributed by atoms with E-state index in [1.165, 1.54) is 0 Å². The molecule has 0 aliphatic carbocycles. The average Bonchev–Trinajstić information content (AvgIpc) is 2.34. The fourth-order valence-corrected chi connectivity index (χ4v) is 1.60. The van der Waals surface area contributed by atoms with E-state index in [9.17, 15) is 4.79 Å². The van der Waals surface area contributed by atoms with Gasteiger partial charge in [-0.25, -0.2) is 4.98 Å². The number of pyridine rings is 1. The van der Waals surface area contributed by atoms with Crippen LogP contribution in [0.4, 0.5) is 0 Å². The van der Waals surface area contributed by atoms with Gasteiger partial charge in [0.15, 0.2) is 0 Å². The topological polar surface area (TPSA) is 42.0 Å². The van der Waals surface area contributed by atoms with Crippen LogP contribution in [-0.4, -0.2) is 17.4 Å². The molecule has 0 saturated heterocycles. The molecule has 1 atom stereocenters. The van der Waals surface area contributed by atoms with Gasteiger partial charge in [0.25, 0.3) is 5.91 Å². The second kappa shape index (κ2) is 6.60. The summed E-state index contributed by atoms with van der Waals surface area (Å²) >= 11 is 5.87. The zero-order valence-corrected chi connectivity index (χ0v) is 11.3. The van der Waals surface area contributed by atoms with Gasteiger partial charge in [-0.1, -0.05) is 38.8 Å². The molecule has 1 aromatic heterocycles. The van der Waals surface area contributed by atoms with E-state index in [2.05, 4.69) is 24.1 Å². The van der Waals surface area contributed by atoms with Gasteiger partial charge >= 0.3 is 0 Å². The highest BCUT2D eigenvalue weighted by Gasteiger charge is 2.09. The molecule has 1 N–H and O–H groups in total. The number of rotatable bonds is 5. The molecule has 3 nitrogen and oxygen atoms in total. The minimum absolute atomic E-state index is 0.0794. The summed E-state index contributed by atoms with van der Waals surface area (Å²) in [6.07, 6.45) is 1.82. The minimum Gasteiger partial charge on any atom is -0.352 e. The lowest BCUT2D eigenvalue weighted by molar-refractivity contribution is 0.0947. The third-order valence-electron chi connectivity index (χ3n) is 2.78. The molecule has 0 saturated carbocycles. The second-order valence-corrected chi connectivity index (χ2v) is 4.63. The van der Waals surface area contributed by atoms with Crippen LogP contribution in [-0.2, 0) is 6.42 Å². The summed E-state index contributed by atoms with van der Waals surface area (Å²) in [5.74, 6) is 0.409. The van der Waals surface area contributed by atoms with Crippen molar-refractivity contribution in [1.82, 2.24) is 10.3 Å². The zero-order valence-electron chi connectivity index (χ0n) is 10.6. The van der Waals surface area contributed by atoms with Gasteiger partial charge in [0.2, 0.25) is 0 Å². The van der Waals surface area contributed by atoms with Crippen molar-refractivity contribution in [2.24, 2.45) is 5.92 Å². The Balaban J connectivity index is 2.71. The molecule has 1 unspecified atom stereocenters. The number of halogens is 1. The normalized spacial score (nSPS) is 12.2. The fraction of sp³-hybridized carbons (Fsp3) is 0.538. The second-order valence-electron chi connectivity index (χ2n) is 4.25. The number of nitrogens with zero attached hydrogens (tertiary/aromatic N) is 1. The number of aromatic nitrogens is 1. The summed E-state index contributed by atoms with van der Waals surface area (Å²) < 4.78 is 0. The van der Waals surface area contributed by atoms with E-state index >= 15 is 0 Å². The van der Waals surface area contributed by atoms with Crippen LogP contribution in [0, 0.1) is 5.92 Å². The van der Waals surface area contributed by atoms with E-state index in [0.29, 0.717) is 23.2 Å². The van der Waals surface area contributed by atoms with E-state index in [4.69, 9.17) is 11.6 Å². The van der Waals surface area contributed by atoms with E-state index < -0.39 is 0 Å². The summed E-state index contributed by atoms with van der Waals surface area (Å²) in [5, 5.41) is 3.28. The number of carbonyl (C=O) groups is 1. The number of amides is 1. The first-order valence-corrected chi connectivity index (χ1v) is 6.39. The quantitative estimate of drug-likeness (QED) is 0.821. The number of nitrogens with one attached hydrogen (secondary N) is 1. The van der Waals surface area contributed by atoms with E-state index in [1.54, 1.807) is 12.1 Å². The van der Waals surface area contributed by atoms with Crippen LogP contribution in [0.3, 0.4) is 0 Å². The Morgan fingerprint density at radius 3 is 2.76 bits per heavy atom. The van der Waals surface area contributed by atoms with Crippen LogP contribution in [0.25, 0.3) is 0 Å². The predicted octanol–water partition coefficient (Wildman–Crippen LogP) is 3.07. The molecule has 0 bridgehead atoms. The minimum atomic E-state index is -0.0794. The Hall–Kier alpha value is -1.09. The molecule has 0 aliphatic heterocycles. The molecule has 0 spiro atoms. The molecule has 1 aromatic rings. The zero-order chi connectivity index (χ0) is 12.8. The number of hydrogen-bond donors (Lipinski definition) is 1. The molecule has 4 heteroatoms. The van der Waals surface area contributed by atoms with Gasteiger partial charge in [-0.15, -0.1) is 0 Å². The van der Waals surface area contributed by atoms with E-state index in [0.717, 1.165) is 18.5 Å². The van der Waals surface area contributed by atoms with Gasteiger partial charge in [0.05, 0.1) is 0 Å². The van der Waals surface area contributed by atoms with Crippen LogP contribution < -0.4 is 5.32 Å². The van der Waals surface area contributed by atoms with E-state index in [-0.39, 0.29) is 5.91 Å². The van der Waals surface area contributed by atoms with E-state index in [1.807, 2.05) is 6.92 Å². The lowest BCUT2D eigenvalue weighted by Crippen LogP contribution is -2.28. The Kier molecular flexibility index (Phi) is 5.42. The first-order valence-electron chi connectivity index (χ1n) is 6.01. The third kappa shape index (κ3) is 4.35. The van der Waals surface area contributed by atoms with Crippen molar-refractivity contribution in [3.05, 3.63) is 28.5 Å². The highest BCUT2D eigenvalue weighted by Crippen LogP contribution is 2.11. The molecule has 0 aliphatic rings. The van der Waals surface area contributed by atoms with Gasteiger partial charge in [0, 0.05) is 17.8 Å². The lowest BCUT2D eigenvalue weighted by atomic mass is 10.1. The smallest absolute Gasteiger partial charge is 0.251 e. The maximum absolute atomic E-state index is 11.9. The van der Waals surface area contributed by atoms with Crippen molar-refractivity contribution in [2.45, 2.75) is 33.6 Å². The lowest BCUT2D eigenvalue weighted by Gasteiger charge is -2.10. The Morgan fingerprint density at radius 2 is 2.18 bits per heavy atom. The molecule has 0 radical (unpaired) electrons. The molecule has 0 fully saturated rings. The van der Waals surface area contributed by atoms with Crippen molar-refractivity contribution in [2.75, 3.05) is 6.54 Å². The average molecular weight is 255 g/mol. The van der Waals surface area contributed by atoms with Crippen LogP contribution >= 0.6 is 11.6 Å². The Labute approximate surface area is 108 Å². The number of aryl methyl sites for hydroxylation is 1. The molecule has 1 amide bonds. The molecule has 1 heterocycles. The maximum Gasteiger partial charge on any atom is 0.251 e. The highest BCUT2D eigenvalue weighted by molar-refractivity contribution is 6.29. The van der Waals surface area contributed by atoms with Gasteiger partial charge in [0.1, 0.15) is 5.15 Å². The molecular weight excluding hydrogens is 236 g/mol. The Morgan fingerprint density at radius 1 is 1.47 bits per heavy atom. The molecule has 94 valence electrons. The monoisotopic (exact) mass is 254 g/mol.